The van der Waals surface area contributed by atoms with Gasteiger partial charge in [0.25, 0.3) is 0 Å². The van der Waals surface area contributed by atoms with Crippen LogP contribution in [0.1, 0.15) is 20.8 Å². The van der Waals surface area contributed by atoms with E-state index < -0.39 is 22.7 Å². The van der Waals surface area contributed by atoms with Crippen LogP contribution < -0.4 is 11.1 Å². The smallest absolute Gasteiger partial charge is 0.327 e. The topological polar surface area (TPSA) is 116 Å². The summed E-state index contributed by atoms with van der Waals surface area (Å²) >= 11 is 0. The first-order chi connectivity index (χ1) is 7.16. The molecule has 0 rings (SSSR count). The Morgan fingerprint density at radius 1 is 1.50 bits per heavy atom. The van der Waals surface area contributed by atoms with Crippen molar-refractivity contribution in [1.29, 1.82) is 5.41 Å². The SMILES string of the molecule is CC(=O)NC(C(=O)O)C(C)(C)SSC(=N)N. The third-order valence-corrected chi connectivity index (χ3v) is 4.64. The Kier molecular flexibility index (Phi) is 5.66. The lowest BCUT2D eigenvalue weighted by Crippen LogP contribution is -2.51. The molecule has 0 aromatic heterocycles. The Labute approximate surface area is 102 Å². The number of nitrogens with one attached hydrogen (secondary N) is 2. The molecule has 1 atom stereocenters. The molecular weight excluding hydrogens is 250 g/mol. The lowest BCUT2D eigenvalue weighted by Gasteiger charge is -2.30. The van der Waals surface area contributed by atoms with Gasteiger partial charge in [0.2, 0.25) is 5.91 Å². The van der Waals surface area contributed by atoms with Crippen LogP contribution in [0.15, 0.2) is 0 Å². The van der Waals surface area contributed by atoms with Gasteiger partial charge >= 0.3 is 5.97 Å². The minimum atomic E-state index is -1.11. The number of hydrogen-bond donors (Lipinski definition) is 4. The third kappa shape index (κ3) is 5.26. The molecular formula is C8H15N3O3S2. The molecule has 0 radical (unpaired) electrons. The predicted octanol–water partition coefficient (Wildman–Crippen LogP) is 0.629. The van der Waals surface area contributed by atoms with E-state index in [2.05, 4.69) is 5.32 Å². The van der Waals surface area contributed by atoms with E-state index in [1.54, 1.807) is 13.8 Å². The zero-order valence-corrected chi connectivity index (χ0v) is 10.9. The molecule has 0 saturated carbocycles. The maximum absolute atomic E-state index is 11.0. The molecule has 1 unspecified atom stereocenters. The van der Waals surface area contributed by atoms with E-state index in [1.807, 2.05) is 0 Å². The van der Waals surface area contributed by atoms with Crippen LogP contribution in [-0.4, -0.2) is 32.9 Å². The van der Waals surface area contributed by atoms with E-state index in [4.69, 9.17) is 16.2 Å². The van der Waals surface area contributed by atoms with Crippen LogP contribution in [0, 0.1) is 5.41 Å². The third-order valence-electron chi connectivity index (χ3n) is 1.64. The summed E-state index contributed by atoms with van der Waals surface area (Å²) in [6, 6.07) is -1.03. The molecule has 0 fully saturated rings. The first-order valence-electron chi connectivity index (χ1n) is 4.36. The van der Waals surface area contributed by atoms with E-state index in [9.17, 15) is 9.59 Å². The van der Waals surface area contributed by atoms with Crippen LogP contribution in [-0.2, 0) is 9.59 Å². The zero-order valence-electron chi connectivity index (χ0n) is 9.23. The molecule has 0 saturated heterocycles. The molecule has 92 valence electrons. The number of hydrogen-bond acceptors (Lipinski definition) is 5. The predicted molar refractivity (Wildman–Crippen MR) is 66.4 cm³/mol. The Morgan fingerprint density at radius 3 is 2.31 bits per heavy atom. The van der Waals surface area contributed by atoms with Crippen LogP contribution in [0.25, 0.3) is 0 Å². The number of carboxylic acid groups (broad SMARTS) is 1. The first kappa shape index (κ1) is 15.1. The minimum absolute atomic E-state index is 0.106. The molecule has 0 aromatic rings. The molecule has 5 N–H and O–H groups in total. The summed E-state index contributed by atoms with van der Waals surface area (Å²) in [5, 5.41) is 18.3. The van der Waals surface area contributed by atoms with Crippen LogP contribution in [0.4, 0.5) is 0 Å². The number of carbonyl (C=O) groups excluding carboxylic acids is 1. The molecule has 1 amide bonds. The maximum atomic E-state index is 11.0. The molecule has 0 aliphatic rings. The van der Waals surface area contributed by atoms with E-state index in [-0.39, 0.29) is 5.17 Å². The van der Waals surface area contributed by atoms with Crippen molar-refractivity contribution in [2.24, 2.45) is 5.73 Å². The van der Waals surface area contributed by atoms with Crippen molar-refractivity contribution >= 4 is 38.6 Å². The molecule has 0 bridgehead atoms. The summed E-state index contributed by atoms with van der Waals surface area (Å²) in [7, 11) is 2.11. The second-order valence-electron chi connectivity index (χ2n) is 3.61. The van der Waals surface area contributed by atoms with Gasteiger partial charge in [-0.15, -0.1) is 0 Å². The highest BCUT2D eigenvalue weighted by molar-refractivity contribution is 8.82. The molecule has 0 aliphatic carbocycles. The number of rotatable bonds is 5. The second-order valence-corrected chi connectivity index (χ2v) is 6.43. The quantitative estimate of drug-likeness (QED) is 0.329. The lowest BCUT2D eigenvalue weighted by molar-refractivity contribution is -0.142. The van der Waals surface area contributed by atoms with Crippen molar-refractivity contribution in [3.8, 4) is 0 Å². The van der Waals surface area contributed by atoms with Gasteiger partial charge in [-0.1, -0.05) is 10.8 Å². The normalized spacial score (nSPS) is 12.9. The molecule has 0 spiro atoms. The lowest BCUT2D eigenvalue weighted by atomic mass is 10.0. The fourth-order valence-electron chi connectivity index (χ4n) is 0.937. The fourth-order valence-corrected chi connectivity index (χ4v) is 2.70. The average molecular weight is 265 g/mol. The van der Waals surface area contributed by atoms with Crippen molar-refractivity contribution < 1.29 is 14.7 Å². The summed E-state index contributed by atoms with van der Waals surface area (Å²) in [6.07, 6.45) is 0. The van der Waals surface area contributed by atoms with Gasteiger partial charge in [-0.25, -0.2) is 4.79 Å². The van der Waals surface area contributed by atoms with Gasteiger partial charge in [0.05, 0.1) is 4.75 Å². The standard InChI is InChI=1S/C8H15N3O3S2/c1-4(12)11-5(6(13)14)8(2,3)16-15-7(9)10/h5H,1-3H3,(H3,9,10)(H,11,12)(H,13,14). The largest absolute Gasteiger partial charge is 0.480 e. The molecule has 0 aromatic carbocycles. The van der Waals surface area contributed by atoms with Crippen molar-refractivity contribution in [1.82, 2.24) is 5.32 Å². The van der Waals surface area contributed by atoms with Gasteiger partial charge in [0.1, 0.15) is 6.04 Å². The van der Waals surface area contributed by atoms with Crippen molar-refractivity contribution in [3.05, 3.63) is 0 Å². The highest BCUT2D eigenvalue weighted by atomic mass is 33.1. The van der Waals surface area contributed by atoms with Crippen LogP contribution in [0.2, 0.25) is 0 Å². The summed E-state index contributed by atoms with van der Waals surface area (Å²) in [5.74, 6) is -1.52. The van der Waals surface area contributed by atoms with Gasteiger partial charge in [-0.3, -0.25) is 10.2 Å². The zero-order chi connectivity index (χ0) is 12.9. The molecule has 8 heteroatoms. The number of nitrogens with two attached hydrogens (primary N) is 1. The minimum Gasteiger partial charge on any atom is -0.480 e. The first-order valence-corrected chi connectivity index (χ1v) is 6.51. The van der Waals surface area contributed by atoms with Crippen molar-refractivity contribution in [2.75, 3.05) is 0 Å². The number of amides is 1. The molecule has 16 heavy (non-hydrogen) atoms. The van der Waals surface area contributed by atoms with E-state index >= 15 is 0 Å². The van der Waals surface area contributed by atoms with Crippen LogP contribution in [0.3, 0.4) is 0 Å². The average Bonchev–Trinajstić information content (AvgIpc) is 2.10. The van der Waals surface area contributed by atoms with Crippen molar-refractivity contribution in [3.63, 3.8) is 0 Å². The van der Waals surface area contributed by atoms with Gasteiger partial charge in [0.15, 0.2) is 5.17 Å². The van der Waals surface area contributed by atoms with Gasteiger partial charge in [-0.2, -0.15) is 0 Å². The Hall–Kier alpha value is -0.890. The van der Waals surface area contributed by atoms with Crippen LogP contribution in [0.5, 0.6) is 0 Å². The summed E-state index contributed by atoms with van der Waals surface area (Å²) < 4.78 is -0.770. The highest BCUT2D eigenvalue weighted by Gasteiger charge is 2.37. The number of aliphatic carboxylic acids is 1. The Bertz CT molecular complexity index is 307. The number of carboxylic acids is 1. The Balaban J connectivity index is 4.67. The Morgan fingerprint density at radius 2 is 2.00 bits per heavy atom. The van der Waals surface area contributed by atoms with E-state index in [0.29, 0.717) is 0 Å². The van der Waals surface area contributed by atoms with Gasteiger partial charge in [0, 0.05) is 6.92 Å². The van der Waals surface area contributed by atoms with E-state index in [1.165, 1.54) is 6.92 Å². The number of carbonyl (C=O) groups is 2. The maximum Gasteiger partial charge on any atom is 0.327 e. The van der Waals surface area contributed by atoms with Crippen molar-refractivity contribution in [2.45, 2.75) is 31.6 Å². The molecule has 0 heterocycles. The highest BCUT2D eigenvalue weighted by Crippen LogP contribution is 2.37. The summed E-state index contributed by atoms with van der Waals surface area (Å²) in [6.45, 7) is 4.60. The van der Waals surface area contributed by atoms with E-state index in [0.717, 1.165) is 21.6 Å². The van der Waals surface area contributed by atoms with Gasteiger partial charge in [-0.05, 0) is 24.6 Å². The monoisotopic (exact) mass is 265 g/mol. The van der Waals surface area contributed by atoms with Crippen LogP contribution >= 0.6 is 21.6 Å². The molecule has 6 nitrogen and oxygen atoms in total. The number of amidine groups is 1. The van der Waals surface area contributed by atoms with Gasteiger partial charge < -0.3 is 16.2 Å². The molecule has 0 aliphatic heterocycles. The second kappa shape index (κ2) is 6.00. The summed E-state index contributed by atoms with van der Waals surface area (Å²) in [5.41, 5.74) is 5.17. The summed E-state index contributed by atoms with van der Waals surface area (Å²) in [4.78, 5) is 21.9. The fraction of sp³-hybridized carbons (Fsp3) is 0.625.